The first-order valence-electron chi connectivity index (χ1n) is 6.30. The van der Waals surface area contributed by atoms with E-state index in [4.69, 9.17) is 0 Å². The monoisotopic (exact) mass is 256 g/mol. The summed E-state index contributed by atoms with van der Waals surface area (Å²) in [5.74, 6) is 0. The summed E-state index contributed by atoms with van der Waals surface area (Å²) in [6.45, 7) is 10.9. The summed E-state index contributed by atoms with van der Waals surface area (Å²) in [4.78, 5) is 2.65. The van der Waals surface area contributed by atoms with E-state index in [1.165, 1.54) is 37.6 Å². The average molecular weight is 256 g/mol. The molecule has 0 fully saturated rings. The fraction of sp³-hybridized carbons (Fsp3) is 0.294. The maximum Gasteiger partial charge on any atom is 0.0127 e. The topological polar surface area (TPSA) is 0 Å². The maximum atomic E-state index is 2.28. The van der Waals surface area contributed by atoms with Crippen LogP contribution in [0.3, 0.4) is 0 Å². The second-order valence-electron chi connectivity index (χ2n) is 5.03. The summed E-state index contributed by atoms with van der Waals surface area (Å²) in [5.41, 5.74) is 6.87. The molecule has 0 bridgehead atoms. The number of hydrogen-bond acceptors (Lipinski definition) is 1. The molecule has 0 saturated heterocycles. The Bertz CT molecular complexity index is 559. The summed E-state index contributed by atoms with van der Waals surface area (Å²) < 4.78 is 0. The van der Waals surface area contributed by atoms with E-state index in [-0.39, 0.29) is 0 Å². The summed E-state index contributed by atoms with van der Waals surface area (Å²) in [5, 5.41) is 0. The van der Waals surface area contributed by atoms with Crippen LogP contribution in [0.1, 0.15) is 27.8 Å². The molecule has 0 radical (unpaired) electrons. The highest BCUT2D eigenvalue weighted by molar-refractivity contribution is 7.99. The van der Waals surface area contributed by atoms with Gasteiger partial charge in [0, 0.05) is 9.79 Å². The summed E-state index contributed by atoms with van der Waals surface area (Å²) in [6, 6.07) is 11.2. The minimum absolute atomic E-state index is 1.32. The second-order valence-corrected chi connectivity index (χ2v) is 6.18. The van der Waals surface area contributed by atoms with Crippen LogP contribution in [0.2, 0.25) is 0 Å². The van der Waals surface area contributed by atoms with Crippen LogP contribution in [0.5, 0.6) is 0 Å². The van der Waals surface area contributed by atoms with Crippen LogP contribution >= 0.6 is 11.8 Å². The van der Waals surface area contributed by atoms with E-state index in [2.05, 4.69) is 65.0 Å². The zero-order valence-electron chi connectivity index (χ0n) is 11.8. The Morgan fingerprint density at radius 3 is 1.72 bits per heavy atom. The quantitative estimate of drug-likeness (QED) is 0.695. The van der Waals surface area contributed by atoms with Gasteiger partial charge in [0.25, 0.3) is 0 Å². The Hall–Kier alpha value is -1.21. The number of rotatable bonds is 2. The third-order valence-electron chi connectivity index (χ3n) is 3.61. The predicted octanol–water partition coefficient (Wildman–Crippen LogP) is 5.38. The molecule has 0 atom stereocenters. The van der Waals surface area contributed by atoms with Crippen LogP contribution in [0.25, 0.3) is 0 Å². The first-order chi connectivity index (χ1) is 8.47. The molecule has 0 saturated carbocycles. The summed E-state index contributed by atoms with van der Waals surface area (Å²) in [7, 11) is 0. The SMILES string of the molecule is Cc1ccc(Sc2cc(C)c(C)c(C)c2)cc1C. The van der Waals surface area contributed by atoms with Crippen LogP contribution in [-0.2, 0) is 0 Å². The third kappa shape index (κ3) is 2.78. The molecule has 2 aromatic carbocycles. The Morgan fingerprint density at radius 2 is 1.17 bits per heavy atom. The van der Waals surface area contributed by atoms with Gasteiger partial charge in [-0.1, -0.05) is 17.8 Å². The molecule has 0 spiro atoms. The molecule has 2 rings (SSSR count). The molecule has 0 nitrogen and oxygen atoms in total. The van der Waals surface area contributed by atoms with Gasteiger partial charge >= 0.3 is 0 Å². The standard InChI is InChI=1S/C17H20S/c1-11-6-7-16(8-12(11)2)18-17-9-13(3)15(5)14(4)10-17/h6-10H,1-5H3. The largest absolute Gasteiger partial charge is 0.0901 e. The van der Waals surface area contributed by atoms with Gasteiger partial charge in [-0.25, -0.2) is 0 Å². The van der Waals surface area contributed by atoms with Crippen LogP contribution in [-0.4, -0.2) is 0 Å². The van der Waals surface area contributed by atoms with E-state index >= 15 is 0 Å². The van der Waals surface area contributed by atoms with Crippen molar-refractivity contribution in [2.24, 2.45) is 0 Å². The van der Waals surface area contributed by atoms with Gasteiger partial charge in [0.1, 0.15) is 0 Å². The highest BCUT2D eigenvalue weighted by Gasteiger charge is 2.04. The average Bonchev–Trinajstić information content (AvgIpc) is 2.31. The number of aryl methyl sites for hydroxylation is 4. The van der Waals surface area contributed by atoms with Crippen molar-refractivity contribution in [3.8, 4) is 0 Å². The maximum absolute atomic E-state index is 2.28. The molecule has 0 N–H and O–H groups in total. The number of benzene rings is 2. The Balaban J connectivity index is 2.31. The normalized spacial score (nSPS) is 10.7. The fourth-order valence-corrected chi connectivity index (χ4v) is 3.08. The van der Waals surface area contributed by atoms with Gasteiger partial charge in [-0.3, -0.25) is 0 Å². The van der Waals surface area contributed by atoms with Crippen LogP contribution < -0.4 is 0 Å². The van der Waals surface area contributed by atoms with Gasteiger partial charge in [-0.2, -0.15) is 0 Å². The van der Waals surface area contributed by atoms with Crippen molar-refractivity contribution >= 4 is 11.8 Å². The third-order valence-corrected chi connectivity index (χ3v) is 4.58. The smallest absolute Gasteiger partial charge is 0.0127 e. The molecule has 0 unspecified atom stereocenters. The minimum atomic E-state index is 1.32. The van der Waals surface area contributed by atoms with Gasteiger partial charge in [0.05, 0.1) is 0 Å². The van der Waals surface area contributed by atoms with Gasteiger partial charge in [0.2, 0.25) is 0 Å². The molecule has 0 aromatic heterocycles. The van der Waals surface area contributed by atoms with Crippen molar-refractivity contribution in [1.29, 1.82) is 0 Å². The van der Waals surface area contributed by atoms with Crippen molar-refractivity contribution in [1.82, 2.24) is 0 Å². The first-order valence-corrected chi connectivity index (χ1v) is 7.12. The molecule has 0 aliphatic rings. The molecular weight excluding hydrogens is 236 g/mol. The van der Waals surface area contributed by atoms with E-state index in [0.717, 1.165) is 0 Å². The van der Waals surface area contributed by atoms with Gasteiger partial charge in [0.15, 0.2) is 0 Å². The van der Waals surface area contributed by atoms with E-state index in [1.807, 2.05) is 11.8 Å². The summed E-state index contributed by atoms with van der Waals surface area (Å²) in [6.07, 6.45) is 0. The van der Waals surface area contributed by atoms with E-state index in [0.29, 0.717) is 0 Å². The lowest BCUT2D eigenvalue weighted by atomic mass is 10.1. The molecule has 0 heterocycles. The molecule has 0 amide bonds. The summed E-state index contributed by atoms with van der Waals surface area (Å²) >= 11 is 1.85. The van der Waals surface area contributed by atoms with Crippen molar-refractivity contribution in [3.63, 3.8) is 0 Å². The fourth-order valence-electron chi connectivity index (χ4n) is 1.97. The second kappa shape index (κ2) is 5.19. The van der Waals surface area contributed by atoms with Crippen molar-refractivity contribution in [2.75, 3.05) is 0 Å². The molecule has 94 valence electrons. The molecule has 18 heavy (non-hydrogen) atoms. The Labute approximate surface area is 114 Å². The molecule has 0 aliphatic heterocycles. The first kappa shape index (κ1) is 13.2. The molecule has 0 aliphatic carbocycles. The molecule has 2 aromatic rings. The molecule has 1 heteroatoms. The van der Waals surface area contributed by atoms with Crippen molar-refractivity contribution in [3.05, 3.63) is 58.1 Å². The highest BCUT2D eigenvalue weighted by Crippen LogP contribution is 2.31. The zero-order chi connectivity index (χ0) is 13.3. The van der Waals surface area contributed by atoms with Crippen LogP contribution in [0.15, 0.2) is 40.1 Å². The zero-order valence-corrected chi connectivity index (χ0v) is 12.6. The van der Waals surface area contributed by atoms with Gasteiger partial charge < -0.3 is 0 Å². The Morgan fingerprint density at radius 1 is 0.611 bits per heavy atom. The van der Waals surface area contributed by atoms with Crippen LogP contribution in [0.4, 0.5) is 0 Å². The number of hydrogen-bond donors (Lipinski definition) is 0. The highest BCUT2D eigenvalue weighted by atomic mass is 32.2. The Kier molecular flexibility index (Phi) is 3.82. The van der Waals surface area contributed by atoms with E-state index in [9.17, 15) is 0 Å². The molecular formula is C17H20S. The predicted molar refractivity (Wildman–Crippen MR) is 80.7 cm³/mol. The van der Waals surface area contributed by atoms with Gasteiger partial charge in [-0.15, -0.1) is 0 Å². The van der Waals surface area contributed by atoms with Crippen LogP contribution in [0, 0.1) is 34.6 Å². The minimum Gasteiger partial charge on any atom is -0.0901 e. The lowest BCUT2D eigenvalue weighted by molar-refractivity contribution is 1.21. The lowest BCUT2D eigenvalue weighted by Crippen LogP contribution is -1.87. The lowest BCUT2D eigenvalue weighted by Gasteiger charge is -2.10. The van der Waals surface area contributed by atoms with Gasteiger partial charge in [-0.05, 0) is 86.7 Å². The van der Waals surface area contributed by atoms with Crippen molar-refractivity contribution in [2.45, 2.75) is 44.4 Å². The van der Waals surface area contributed by atoms with E-state index in [1.54, 1.807) is 0 Å². The van der Waals surface area contributed by atoms with Crippen molar-refractivity contribution < 1.29 is 0 Å². The van der Waals surface area contributed by atoms with E-state index < -0.39 is 0 Å².